The van der Waals surface area contributed by atoms with Crippen molar-refractivity contribution in [2.75, 3.05) is 39.6 Å². The summed E-state index contributed by atoms with van der Waals surface area (Å²) in [5, 5.41) is 12.4. The lowest BCUT2D eigenvalue weighted by atomic mass is 9.93. The quantitative estimate of drug-likeness (QED) is 0.0826. The Balaban J connectivity index is 1.76. The van der Waals surface area contributed by atoms with Gasteiger partial charge in [-0.3, -0.25) is 0 Å². The number of hydrogen-bond donors (Lipinski definition) is 0. The van der Waals surface area contributed by atoms with Crippen molar-refractivity contribution in [3.05, 3.63) is 72.8 Å². The van der Waals surface area contributed by atoms with Crippen LogP contribution >= 0.6 is 12.1 Å². The Kier molecular flexibility index (Phi) is 9.19. The molecule has 0 aliphatic carbocycles. The van der Waals surface area contributed by atoms with Crippen LogP contribution in [-0.4, -0.2) is 39.6 Å². The SMILES string of the molecule is CCOc1cc2c3cc(OCC)c(OCC)c4c3c3c(c(OCC)c(OCC)c5c3c2c(c1OCC)[P@]5(=S)c1ccccc1)[P@@]4(=S)c1ccccc1. The van der Waals surface area contributed by atoms with Gasteiger partial charge in [-0.05, 0) is 75.1 Å². The van der Waals surface area contributed by atoms with Crippen LogP contribution < -0.4 is 60.2 Å². The lowest BCUT2D eigenvalue weighted by Crippen LogP contribution is -2.28. The Labute approximate surface area is 315 Å². The molecule has 0 saturated carbocycles. The Morgan fingerprint density at radius 1 is 0.404 bits per heavy atom. The minimum Gasteiger partial charge on any atom is -0.490 e. The minimum absolute atomic E-state index is 0.423. The van der Waals surface area contributed by atoms with Crippen LogP contribution in [0.5, 0.6) is 34.5 Å². The van der Waals surface area contributed by atoms with Crippen LogP contribution in [0.25, 0.3) is 32.3 Å². The largest absolute Gasteiger partial charge is 0.490 e. The average molecular weight is 769 g/mol. The molecule has 0 bridgehead atoms. The van der Waals surface area contributed by atoms with Gasteiger partial charge in [-0.15, -0.1) is 0 Å². The predicted octanol–water partition coefficient (Wildman–Crippen LogP) is 7.68. The standard InChI is InChI=1S/C42H42O6P2S2/c1-7-43-29-23-27-28-24-30(44-8-2)36(46-10-4)40-32(28)34-33-31(27)39(35(29)45-9-3)49(51,25-19-15-13-16-20-25)41(33)37(47-11-5)38(48-12-6)42(34)50(40,52)26-21-17-14-18-22-26/h13-24H,7-12H2,1-6H3/t49-,50-/m1/s1. The van der Waals surface area contributed by atoms with E-state index in [1.54, 1.807) is 0 Å². The summed E-state index contributed by atoms with van der Waals surface area (Å²) in [6.45, 7) is 14.7. The smallest absolute Gasteiger partial charge is 0.171 e. The zero-order valence-corrected chi connectivity index (χ0v) is 33.8. The summed E-state index contributed by atoms with van der Waals surface area (Å²) in [7, 11) is 0. The number of ether oxygens (including phenoxy) is 6. The molecule has 6 nitrogen and oxygen atoms in total. The summed E-state index contributed by atoms with van der Waals surface area (Å²) in [5.41, 5.74) is 0. The first-order valence-corrected chi connectivity index (χ1v) is 23.7. The minimum atomic E-state index is -2.90. The van der Waals surface area contributed by atoms with Crippen LogP contribution in [0.2, 0.25) is 0 Å². The molecule has 2 aliphatic heterocycles. The molecule has 2 atom stereocenters. The van der Waals surface area contributed by atoms with Gasteiger partial charge in [-0.1, -0.05) is 84.3 Å². The van der Waals surface area contributed by atoms with E-state index in [1.165, 1.54) is 0 Å². The Morgan fingerprint density at radius 2 is 0.712 bits per heavy atom. The van der Waals surface area contributed by atoms with Crippen molar-refractivity contribution in [3.63, 3.8) is 0 Å². The second kappa shape index (κ2) is 13.6. The molecule has 2 heterocycles. The molecule has 0 unspecified atom stereocenters. The molecule has 8 rings (SSSR count). The highest BCUT2D eigenvalue weighted by Gasteiger charge is 2.50. The second-order valence-corrected chi connectivity index (χ2v) is 21.1. The molecule has 0 N–H and O–H groups in total. The van der Waals surface area contributed by atoms with Crippen molar-refractivity contribution in [1.29, 1.82) is 0 Å². The molecule has 0 spiro atoms. The van der Waals surface area contributed by atoms with Crippen LogP contribution in [0, 0.1) is 0 Å². The summed E-state index contributed by atoms with van der Waals surface area (Å²) in [6.07, 6.45) is 0. The molecule has 6 aromatic rings. The van der Waals surface area contributed by atoms with E-state index in [1.807, 2.05) is 53.7 Å². The first-order chi connectivity index (χ1) is 25.4. The number of hydrogen-bond acceptors (Lipinski definition) is 8. The average Bonchev–Trinajstić information content (AvgIpc) is 3.60. The maximum absolute atomic E-state index is 7.21. The zero-order valence-electron chi connectivity index (χ0n) is 30.3. The van der Waals surface area contributed by atoms with E-state index >= 15 is 0 Å². The van der Waals surface area contributed by atoms with Crippen LogP contribution in [0.1, 0.15) is 41.5 Å². The molecule has 2 aliphatic rings. The second-order valence-electron chi connectivity index (χ2n) is 12.5. The molecule has 0 fully saturated rings. The summed E-state index contributed by atoms with van der Waals surface area (Å²) in [4.78, 5) is 0. The van der Waals surface area contributed by atoms with Crippen LogP contribution in [0.4, 0.5) is 0 Å². The van der Waals surface area contributed by atoms with Crippen molar-refractivity contribution < 1.29 is 28.4 Å². The molecular formula is C42H42O6P2S2. The molecule has 6 aromatic carbocycles. The third kappa shape index (κ3) is 4.67. The molecule has 52 heavy (non-hydrogen) atoms. The van der Waals surface area contributed by atoms with Crippen molar-refractivity contribution in [1.82, 2.24) is 0 Å². The number of benzene rings is 6. The van der Waals surface area contributed by atoms with Gasteiger partial charge in [-0.2, -0.15) is 0 Å². The normalized spacial score (nSPS) is 18.2. The van der Waals surface area contributed by atoms with E-state index in [0.717, 1.165) is 64.1 Å². The van der Waals surface area contributed by atoms with Crippen molar-refractivity contribution in [2.45, 2.75) is 41.5 Å². The highest BCUT2D eigenvalue weighted by atomic mass is 32.4. The highest BCUT2D eigenvalue weighted by Crippen LogP contribution is 2.66. The summed E-state index contributed by atoms with van der Waals surface area (Å²) in [6, 6.07) is 19.4. The molecular weight excluding hydrogens is 727 g/mol. The fraction of sp³-hybridized carbons (Fsp3) is 0.286. The van der Waals surface area contributed by atoms with Gasteiger partial charge < -0.3 is 28.4 Å². The first kappa shape index (κ1) is 35.2. The van der Waals surface area contributed by atoms with E-state index < -0.39 is 12.1 Å². The zero-order chi connectivity index (χ0) is 36.4. The van der Waals surface area contributed by atoms with E-state index in [-0.39, 0.29) is 0 Å². The summed E-state index contributed by atoms with van der Waals surface area (Å²) >= 11 is 14.4. The predicted molar refractivity (Wildman–Crippen MR) is 225 cm³/mol. The molecule has 0 radical (unpaired) electrons. The highest BCUT2D eigenvalue weighted by molar-refractivity contribution is 8.27. The van der Waals surface area contributed by atoms with Gasteiger partial charge >= 0.3 is 0 Å². The van der Waals surface area contributed by atoms with Gasteiger partial charge in [0.2, 0.25) is 0 Å². The number of fused-ring (bicyclic) bond motifs is 1. The Hall–Kier alpha value is -3.80. The maximum Gasteiger partial charge on any atom is 0.171 e. The van der Waals surface area contributed by atoms with Gasteiger partial charge in [0.25, 0.3) is 0 Å². The molecule has 268 valence electrons. The Morgan fingerprint density at radius 3 is 1.04 bits per heavy atom. The lowest BCUT2D eigenvalue weighted by Gasteiger charge is -2.29. The van der Waals surface area contributed by atoms with E-state index in [0.29, 0.717) is 74.1 Å². The molecule has 0 amide bonds. The summed E-state index contributed by atoms with van der Waals surface area (Å²) < 4.78 is 39.9. The fourth-order valence-electron chi connectivity index (χ4n) is 8.22. The van der Waals surface area contributed by atoms with Gasteiger partial charge in [0, 0.05) is 54.8 Å². The van der Waals surface area contributed by atoms with Gasteiger partial charge in [0.05, 0.1) is 39.6 Å². The maximum atomic E-state index is 7.21. The van der Waals surface area contributed by atoms with E-state index in [4.69, 9.17) is 52.0 Å². The number of rotatable bonds is 14. The van der Waals surface area contributed by atoms with Crippen molar-refractivity contribution >= 4 is 99.8 Å². The van der Waals surface area contributed by atoms with Crippen molar-refractivity contribution in [3.8, 4) is 34.5 Å². The summed E-state index contributed by atoms with van der Waals surface area (Å²) in [5.74, 6) is 4.09. The molecule has 0 aromatic heterocycles. The Bertz CT molecular complexity index is 2330. The van der Waals surface area contributed by atoms with Gasteiger partial charge in [-0.25, -0.2) is 0 Å². The van der Waals surface area contributed by atoms with E-state index in [2.05, 4.69) is 60.7 Å². The first-order valence-electron chi connectivity index (χ1n) is 18.1. The third-order valence-electron chi connectivity index (χ3n) is 9.84. The van der Waals surface area contributed by atoms with Crippen LogP contribution in [-0.2, 0) is 23.6 Å². The van der Waals surface area contributed by atoms with Crippen LogP contribution in [0.3, 0.4) is 0 Å². The molecule has 10 heteroatoms. The third-order valence-corrected chi connectivity index (χ3v) is 19.6. The van der Waals surface area contributed by atoms with E-state index in [9.17, 15) is 0 Å². The van der Waals surface area contributed by atoms with Crippen molar-refractivity contribution in [2.24, 2.45) is 0 Å². The monoisotopic (exact) mass is 768 g/mol. The lowest BCUT2D eigenvalue weighted by molar-refractivity contribution is 0.290. The van der Waals surface area contributed by atoms with Gasteiger partial charge in [0.15, 0.2) is 34.5 Å². The van der Waals surface area contributed by atoms with Crippen LogP contribution in [0.15, 0.2) is 72.8 Å². The molecule has 0 saturated heterocycles. The fourth-order valence-corrected chi connectivity index (χ4v) is 17.7. The topological polar surface area (TPSA) is 55.4 Å². The van der Waals surface area contributed by atoms with Gasteiger partial charge in [0.1, 0.15) is 0 Å².